The molecule has 158 valence electrons. The molecule has 0 radical (unpaired) electrons. The number of hydrogen-bond acceptors (Lipinski definition) is 6. The number of sulfonamides is 1. The van der Waals surface area contributed by atoms with E-state index in [-0.39, 0.29) is 16.6 Å². The van der Waals surface area contributed by atoms with Gasteiger partial charge in [0.25, 0.3) is 10.0 Å². The molecule has 9 heteroatoms. The number of allylic oxidation sites excluding steroid dienone is 1. The smallest absolute Gasteiger partial charge is 0.265 e. The van der Waals surface area contributed by atoms with Crippen LogP contribution in [0.3, 0.4) is 0 Å². The van der Waals surface area contributed by atoms with Gasteiger partial charge in [0, 0.05) is 37.5 Å². The van der Waals surface area contributed by atoms with Crippen molar-refractivity contribution in [3.63, 3.8) is 0 Å². The highest BCUT2D eigenvalue weighted by Crippen LogP contribution is 2.40. The van der Waals surface area contributed by atoms with Crippen LogP contribution in [0.5, 0.6) is 0 Å². The van der Waals surface area contributed by atoms with Gasteiger partial charge < -0.3 is 10.6 Å². The van der Waals surface area contributed by atoms with Crippen LogP contribution in [0.1, 0.15) is 23.6 Å². The number of nitrogens with zero attached hydrogens (tertiary/aromatic N) is 3. The molecule has 1 aromatic heterocycles. The first-order valence-corrected chi connectivity index (χ1v) is 11.2. The number of dihydropyridines is 1. The fourth-order valence-corrected chi connectivity index (χ4v) is 5.35. The van der Waals surface area contributed by atoms with Crippen molar-refractivity contribution in [1.82, 2.24) is 10.3 Å². The summed E-state index contributed by atoms with van der Waals surface area (Å²) in [6.07, 6.45) is 5.43. The van der Waals surface area contributed by atoms with E-state index in [0.717, 1.165) is 16.9 Å². The summed E-state index contributed by atoms with van der Waals surface area (Å²) in [4.78, 5) is 8.92. The molecule has 1 atom stereocenters. The third kappa shape index (κ3) is 3.82. The average Bonchev–Trinajstić information content (AvgIpc) is 3.10. The van der Waals surface area contributed by atoms with E-state index in [2.05, 4.69) is 20.6 Å². The minimum Gasteiger partial charge on any atom is -0.354 e. The van der Waals surface area contributed by atoms with Gasteiger partial charge >= 0.3 is 0 Å². The average molecular weight is 430 g/mol. The number of fused-ring (bicyclic) bond motifs is 1. The van der Waals surface area contributed by atoms with Crippen LogP contribution in [0.15, 0.2) is 46.4 Å². The Kier molecular flexibility index (Phi) is 5.57. The molecule has 0 amide bonds. The third-order valence-corrected chi connectivity index (χ3v) is 7.06. The van der Waals surface area contributed by atoms with Crippen molar-refractivity contribution >= 4 is 33.3 Å². The number of aliphatic imine (C=N–C) groups is 1. The van der Waals surface area contributed by atoms with Crippen molar-refractivity contribution in [2.45, 2.75) is 19.3 Å². The lowest BCUT2D eigenvalue weighted by Crippen LogP contribution is -2.33. The quantitative estimate of drug-likeness (QED) is 0.737. The summed E-state index contributed by atoms with van der Waals surface area (Å²) in [7, 11) is -1.90. The zero-order chi connectivity index (χ0) is 21.3. The van der Waals surface area contributed by atoms with Gasteiger partial charge in [-0.05, 0) is 50.2 Å². The van der Waals surface area contributed by atoms with Gasteiger partial charge in [-0.1, -0.05) is 6.08 Å². The fourth-order valence-electron chi connectivity index (χ4n) is 3.78. The van der Waals surface area contributed by atoms with E-state index >= 15 is 0 Å². The second-order valence-electron chi connectivity index (χ2n) is 7.43. The molecule has 0 bridgehead atoms. The van der Waals surface area contributed by atoms with Crippen molar-refractivity contribution in [3.8, 4) is 0 Å². The minimum atomic E-state index is -3.73. The number of pyridine rings is 1. The topological polar surface area (TPSA) is 86.7 Å². The Bertz CT molecular complexity index is 1130. The van der Waals surface area contributed by atoms with Crippen molar-refractivity contribution < 1.29 is 12.8 Å². The molecule has 0 spiro atoms. The van der Waals surface area contributed by atoms with E-state index in [0.29, 0.717) is 37.4 Å². The molecule has 0 aliphatic carbocycles. The first kappa shape index (κ1) is 20.5. The number of nitrogens with one attached hydrogen (secondary N) is 2. The van der Waals surface area contributed by atoms with Gasteiger partial charge in [-0.3, -0.25) is 14.3 Å². The maximum atomic E-state index is 13.4. The zero-order valence-corrected chi connectivity index (χ0v) is 17.7. The molecule has 1 aromatic carbocycles. The van der Waals surface area contributed by atoms with Gasteiger partial charge in [0.05, 0.1) is 23.3 Å². The van der Waals surface area contributed by atoms with Gasteiger partial charge in [-0.15, -0.1) is 0 Å². The SMILES string of the molecule is CNCC1CN(S(=O)(=O)C2=CCCN=C2)c2cc(Nc3ccc(F)cc3C)cnc21. The maximum absolute atomic E-state index is 13.4. The van der Waals surface area contributed by atoms with Crippen LogP contribution in [0.25, 0.3) is 0 Å². The molecule has 2 aromatic rings. The van der Waals surface area contributed by atoms with E-state index in [1.165, 1.54) is 22.7 Å². The Morgan fingerprint density at radius 3 is 2.83 bits per heavy atom. The molecule has 4 rings (SSSR count). The number of hydrogen-bond donors (Lipinski definition) is 2. The number of aryl methyl sites for hydroxylation is 1. The summed E-state index contributed by atoms with van der Waals surface area (Å²) in [5.74, 6) is -0.359. The number of halogens is 1. The molecule has 0 fully saturated rings. The molecular formula is C21H24FN5O2S. The predicted molar refractivity (Wildman–Crippen MR) is 118 cm³/mol. The molecule has 1 unspecified atom stereocenters. The molecule has 2 aliphatic heterocycles. The molecule has 0 saturated carbocycles. The summed E-state index contributed by atoms with van der Waals surface area (Å²) in [5.41, 5.74) is 3.42. The number of benzene rings is 1. The highest BCUT2D eigenvalue weighted by atomic mass is 32.2. The van der Waals surface area contributed by atoms with Gasteiger partial charge in [0.15, 0.2) is 0 Å². The highest BCUT2D eigenvalue weighted by molar-refractivity contribution is 7.97. The van der Waals surface area contributed by atoms with Crippen LogP contribution in [0, 0.1) is 12.7 Å². The standard InChI is InChI=1S/C21H24FN5O2S/c1-14-8-16(22)5-6-19(14)26-17-9-20-21(25-11-17)15(10-23-2)13-27(20)30(28,29)18-4-3-7-24-12-18/h4-6,8-9,11-12,15,23,26H,3,7,10,13H2,1-2H3. The monoisotopic (exact) mass is 429 g/mol. The number of rotatable bonds is 6. The zero-order valence-electron chi connectivity index (χ0n) is 16.9. The number of anilines is 3. The lowest BCUT2D eigenvalue weighted by molar-refractivity contribution is 0.592. The Hall–Kier alpha value is -2.78. The Balaban J connectivity index is 1.72. The molecule has 0 saturated heterocycles. The Labute approximate surface area is 175 Å². The molecule has 7 nitrogen and oxygen atoms in total. The maximum Gasteiger partial charge on any atom is 0.265 e. The third-order valence-electron chi connectivity index (χ3n) is 5.27. The Morgan fingerprint density at radius 1 is 1.30 bits per heavy atom. The number of aromatic nitrogens is 1. The van der Waals surface area contributed by atoms with E-state index in [4.69, 9.17) is 0 Å². The van der Waals surface area contributed by atoms with Crippen LogP contribution in [0.4, 0.5) is 21.5 Å². The minimum absolute atomic E-state index is 0.0532. The van der Waals surface area contributed by atoms with Gasteiger partial charge in [-0.2, -0.15) is 0 Å². The molecule has 30 heavy (non-hydrogen) atoms. The highest BCUT2D eigenvalue weighted by Gasteiger charge is 2.38. The lowest BCUT2D eigenvalue weighted by Gasteiger charge is -2.21. The van der Waals surface area contributed by atoms with Crippen molar-refractivity contribution in [2.24, 2.45) is 4.99 Å². The Morgan fingerprint density at radius 2 is 2.13 bits per heavy atom. The van der Waals surface area contributed by atoms with Crippen molar-refractivity contribution in [1.29, 1.82) is 0 Å². The normalized spacial score (nSPS) is 18.3. The van der Waals surface area contributed by atoms with Crippen LogP contribution in [0.2, 0.25) is 0 Å². The van der Waals surface area contributed by atoms with Crippen LogP contribution in [-0.4, -0.2) is 46.3 Å². The van der Waals surface area contributed by atoms with E-state index < -0.39 is 10.0 Å². The largest absolute Gasteiger partial charge is 0.354 e. The summed E-state index contributed by atoms with van der Waals surface area (Å²) in [6, 6.07) is 6.26. The predicted octanol–water partition coefficient (Wildman–Crippen LogP) is 3.08. The molecule has 2 aliphatic rings. The summed E-state index contributed by atoms with van der Waals surface area (Å²) in [6.45, 7) is 3.34. The second kappa shape index (κ2) is 8.16. The molecule has 3 heterocycles. The van der Waals surface area contributed by atoms with E-state index in [9.17, 15) is 12.8 Å². The molecular weight excluding hydrogens is 405 g/mol. The van der Waals surface area contributed by atoms with E-state index in [1.54, 1.807) is 31.3 Å². The van der Waals surface area contributed by atoms with E-state index in [1.807, 2.05) is 7.05 Å². The van der Waals surface area contributed by atoms with Gasteiger partial charge in [-0.25, -0.2) is 12.8 Å². The first-order chi connectivity index (χ1) is 14.4. The van der Waals surface area contributed by atoms with Crippen LogP contribution in [-0.2, 0) is 10.0 Å². The summed E-state index contributed by atoms with van der Waals surface area (Å²) in [5, 5.41) is 6.34. The van der Waals surface area contributed by atoms with Crippen molar-refractivity contribution in [3.05, 3.63) is 58.5 Å². The van der Waals surface area contributed by atoms with Gasteiger partial charge in [0.1, 0.15) is 10.7 Å². The van der Waals surface area contributed by atoms with Crippen LogP contribution < -0.4 is 14.9 Å². The summed E-state index contributed by atoms with van der Waals surface area (Å²) >= 11 is 0. The fraction of sp³-hybridized carbons (Fsp3) is 0.333. The molecule has 2 N–H and O–H groups in total. The number of likely N-dealkylation sites (N-methyl/N-ethyl adjacent to an activating group) is 1. The first-order valence-electron chi connectivity index (χ1n) is 9.80. The van der Waals surface area contributed by atoms with Crippen molar-refractivity contribution in [2.75, 3.05) is 36.3 Å². The second-order valence-corrected chi connectivity index (χ2v) is 9.30. The summed E-state index contributed by atoms with van der Waals surface area (Å²) < 4.78 is 41.5. The van der Waals surface area contributed by atoms with Gasteiger partial charge in [0.2, 0.25) is 0 Å². The van der Waals surface area contributed by atoms with Crippen LogP contribution >= 0.6 is 0 Å². The lowest BCUT2D eigenvalue weighted by atomic mass is 10.1.